The molecule has 32 heavy (non-hydrogen) atoms. The lowest BCUT2D eigenvalue weighted by atomic mass is 9.90. The second-order valence-electron chi connectivity index (χ2n) is 6.95. The second-order valence-corrected chi connectivity index (χ2v) is 7.15. The van der Waals surface area contributed by atoms with E-state index in [2.05, 4.69) is 33.0 Å². The molecule has 0 amide bonds. The number of hydrogen-bond donors (Lipinski definition) is 3. The van der Waals surface area contributed by atoms with Crippen molar-refractivity contribution >= 4 is 42.2 Å². The number of nitrogens with zero attached hydrogens (tertiary/aromatic N) is 2. The van der Waals surface area contributed by atoms with Gasteiger partial charge in [0.15, 0.2) is 5.78 Å². The predicted molar refractivity (Wildman–Crippen MR) is 131 cm³/mol. The maximum absolute atomic E-state index is 13.1. The molecule has 1 atom stereocenters. The number of carbonyl (C=O) groups is 2. The smallest absolute Gasteiger partial charge is 0.194 e. The first-order valence-electron chi connectivity index (χ1n) is 9.83. The summed E-state index contributed by atoms with van der Waals surface area (Å²) in [5, 5.41) is 8.77. The molecule has 3 aliphatic rings. The predicted octanol–water partition coefficient (Wildman–Crippen LogP) is 3.71. The quantitative estimate of drug-likeness (QED) is 0.277. The van der Waals surface area contributed by atoms with Gasteiger partial charge in [0.2, 0.25) is 0 Å². The van der Waals surface area contributed by atoms with Crippen LogP contribution < -0.4 is 10.6 Å². The van der Waals surface area contributed by atoms with E-state index in [9.17, 15) is 9.59 Å². The van der Waals surface area contributed by atoms with Crippen LogP contribution in [0.3, 0.4) is 0 Å². The SMILES string of the molecule is CN=O.O=C/C=C/c1cccc(C2=CNC3NC=C(C(=O)C4=C/C(=N/S)CC=C4)C3=C2)c1. The lowest BCUT2D eigenvalue weighted by Gasteiger charge is -2.22. The van der Waals surface area contributed by atoms with Crippen LogP contribution in [0.2, 0.25) is 0 Å². The number of thiol groups is 1. The van der Waals surface area contributed by atoms with Crippen LogP contribution in [0.25, 0.3) is 11.6 Å². The maximum Gasteiger partial charge on any atom is 0.194 e. The fourth-order valence-corrected chi connectivity index (χ4v) is 3.61. The summed E-state index contributed by atoms with van der Waals surface area (Å²) < 4.78 is 3.90. The van der Waals surface area contributed by atoms with Crippen molar-refractivity contribution in [2.24, 2.45) is 9.57 Å². The summed E-state index contributed by atoms with van der Waals surface area (Å²) in [4.78, 5) is 32.2. The number of nitrogens with one attached hydrogen (secondary N) is 2. The molecule has 1 aliphatic carbocycles. The van der Waals surface area contributed by atoms with E-state index in [1.165, 1.54) is 13.1 Å². The zero-order valence-electron chi connectivity index (χ0n) is 17.4. The molecule has 2 aliphatic heterocycles. The molecule has 0 saturated heterocycles. The number of ketones is 1. The zero-order chi connectivity index (χ0) is 22.9. The van der Waals surface area contributed by atoms with E-state index >= 15 is 0 Å². The third-order valence-electron chi connectivity index (χ3n) is 4.90. The van der Waals surface area contributed by atoms with Gasteiger partial charge in [0.1, 0.15) is 12.5 Å². The number of hydrogen-bond acceptors (Lipinski definition) is 8. The number of carbonyl (C=O) groups excluding carboxylic acids is 2. The highest BCUT2D eigenvalue weighted by Crippen LogP contribution is 2.31. The fourth-order valence-electron chi connectivity index (χ4n) is 3.47. The molecule has 4 rings (SSSR count). The largest absolute Gasteiger partial charge is 0.367 e. The number of rotatable bonds is 5. The lowest BCUT2D eigenvalue weighted by molar-refractivity contribution is -0.111. The Kier molecular flexibility index (Phi) is 7.88. The zero-order valence-corrected chi connectivity index (χ0v) is 18.3. The van der Waals surface area contributed by atoms with Crippen molar-refractivity contribution < 1.29 is 9.59 Å². The first-order valence-corrected chi connectivity index (χ1v) is 10.2. The van der Waals surface area contributed by atoms with Crippen molar-refractivity contribution in [1.82, 2.24) is 10.6 Å². The van der Waals surface area contributed by atoms with Gasteiger partial charge < -0.3 is 10.6 Å². The van der Waals surface area contributed by atoms with E-state index in [1.54, 1.807) is 18.4 Å². The van der Waals surface area contributed by atoms with Gasteiger partial charge in [-0.3, -0.25) is 9.59 Å². The summed E-state index contributed by atoms with van der Waals surface area (Å²) >= 11 is 3.96. The molecule has 1 aromatic carbocycles. The van der Waals surface area contributed by atoms with E-state index in [4.69, 9.17) is 4.91 Å². The van der Waals surface area contributed by atoms with Gasteiger partial charge in [-0.05, 0) is 53.8 Å². The Bertz CT molecular complexity index is 1140. The molecule has 0 fully saturated rings. The topological polar surface area (TPSA) is 100.0 Å². The minimum atomic E-state index is -0.137. The maximum atomic E-state index is 13.1. The van der Waals surface area contributed by atoms with E-state index < -0.39 is 0 Å². The molecular weight excluding hydrogens is 424 g/mol. The third-order valence-corrected chi connectivity index (χ3v) is 5.16. The summed E-state index contributed by atoms with van der Waals surface area (Å²) in [6.07, 6.45) is 15.7. The Balaban J connectivity index is 0.000000913. The van der Waals surface area contributed by atoms with Gasteiger partial charge in [0.05, 0.1) is 12.8 Å². The highest BCUT2D eigenvalue weighted by Gasteiger charge is 2.30. The standard InChI is InChI=1S/C23H19N3O2S.CH3NO/c27-9-3-5-15-4-1-6-16(10-15)18-12-20-21(14-25-23(20)24-13-18)22(28)17-7-2-8-19(11-17)26-29;1-2-3/h1-7,9-14,23-25,29H,8H2;1H3/b5-3+,26-19+;. The summed E-state index contributed by atoms with van der Waals surface area (Å²) in [6, 6.07) is 7.87. The molecular formula is C24H22N4O3S. The van der Waals surface area contributed by atoms with Crippen LogP contribution in [0, 0.1) is 4.91 Å². The van der Waals surface area contributed by atoms with Crippen LogP contribution in [0.5, 0.6) is 0 Å². The molecule has 2 N–H and O–H groups in total. The molecule has 0 saturated carbocycles. The van der Waals surface area contributed by atoms with E-state index in [1.807, 2.05) is 48.7 Å². The van der Waals surface area contributed by atoms with E-state index in [-0.39, 0.29) is 11.9 Å². The van der Waals surface area contributed by atoms with Crippen LogP contribution in [0.4, 0.5) is 0 Å². The molecule has 0 aromatic heterocycles. The highest BCUT2D eigenvalue weighted by atomic mass is 32.1. The minimum Gasteiger partial charge on any atom is -0.367 e. The summed E-state index contributed by atoms with van der Waals surface area (Å²) in [5.41, 5.74) is 5.77. The number of dihydropyridines is 1. The van der Waals surface area contributed by atoms with Crippen LogP contribution >= 0.6 is 12.8 Å². The number of nitroso groups, excluding NO2 is 1. The number of Topliss-reactive ketones (excluding diaryl/α,β-unsaturated/α-hetero) is 1. The summed E-state index contributed by atoms with van der Waals surface area (Å²) in [6.45, 7) is 0. The van der Waals surface area contributed by atoms with Crippen molar-refractivity contribution in [1.29, 1.82) is 0 Å². The molecule has 2 heterocycles. The van der Waals surface area contributed by atoms with Crippen LogP contribution in [0.15, 0.2) is 93.3 Å². The van der Waals surface area contributed by atoms with Gasteiger partial charge in [-0.25, -0.2) is 4.40 Å². The van der Waals surface area contributed by atoms with Crippen molar-refractivity contribution in [2.45, 2.75) is 12.6 Å². The average molecular weight is 447 g/mol. The molecule has 0 bridgehead atoms. The van der Waals surface area contributed by atoms with E-state index in [0.717, 1.165) is 34.3 Å². The van der Waals surface area contributed by atoms with Crippen molar-refractivity contribution in [3.8, 4) is 0 Å². The molecule has 1 unspecified atom stereocenters. The van der Waals surface area contributed by atoms with Crippen LogP contribution in [0.1, 0.15) is 17.5 Å². The normalized spacial score (nSPS) is 19.9. The van der Waals surface area contributed by atoms with E-state index in [0.29, 0.717) is 17.6 Å². The Morgan fingerprint density at radius 3 is 2.75 bits per heavy atom. The molecule has 1 aromatic rings. The molecule has 8 heteroatoms. The van der Waals surface area contributed by atoms with Gasteiger partial charge in [-0.15, -0.1) is 0 Å². The number of allylic oxidation sites excluding steroid dienone is 7. The Hall–Kier alpha value is -3.78. The molecule has 0 radical (unpaired) electrons. The van der Waals surface area contributed by atoms with Crippen LogP contribution in [-0.4, -0.2) is 31.0 Å². The third kappa shape index (κ3) is 5.28. The molecule has 7 nitrogen and oxygen atoms in total. The monoisotopic (exact) mass is 446 g/mol. The summed E-state index contributed by atoms with van der Waals surface area (Å²) in [5.74, 6) is -0.0533. The first kappa shape index (κ1) is 22.9. The minimum absolute atomic E-state index is 0.0533. The average Bonchev–Trinajstić information content (AvgIpc) is 3.26. The summed E-state index contributed by atoms with van der Waals surface area (Å²) in [7, 11) is 1.19. The molecule has 0 spiro atoms. The first-order chi connectivity index (χ1) is 15.6. The highest BCUT2D eigenvalue weighted by molar-refractivity contribution is 7.79. The van der Waals surface area contributed by atoms with Crippen molar-refractivity contribution in [2.75, 3.05) is 7.05 Å². The lowest BCUT2D eigenvalue weighted by Crippen LogP contribution is -2.36. The van der Waals surface area contributed by atoms with Gasteiger partial charge in [-0.2, -0.15) is 4.91 Å². The number of aldehydes is 1. The fraction of sp³-hybridized carbons (Fsp3) is 0.125. The number of benzene rings is 1. The van der Waals surface area contributed by atoms with Gasteiger partial charge in [-0.1, -0.05) is 41.6 Å². The van der Waals surface area contributed by atoms with Gasteiger partial charge >= 0.3 is 0 Å². The Labute approximate surface area is 191 Å². The molecule has 162 valence electrons. The number of fused-ring (bicyclic) bond motifs is 1. The van der Waals surface area contributed by atoms with Crippen molar-refractivity contribution in [3.05, 3.63) is 99.8 Å². The Morgan fingerprint density at radius 1 is 1.22 bits per heavy atom. The second kappa shape index (κ2) is 11.0. The Morgan fingerprint density at radius 2 is 2.00 bits per heavy atom. The van der Waals surface area contributed by atoms with Crippen LogP contribution in [-0.2, 0) is 9.59 Å². The van der Waals surface area contributed by atoms with Gasteiger partial charge in [0, 0.05) is 35.5 Å². The van der Waals surface area contributed by atoms with Crippen molar-refractivity contribution in [3.63, 3.8) is 0 Å². The van der Waals surface area contributed by atoms with Gasteiger partial charge in [0.25, 0.3) is 0 Å².